The van der Waals surface area contributed by atoms with Crippen molar-refractivity contribution in [1.29, 1.82) is 0 Å². The number of hydrogen-bond acceptors (Lipinski definition) is 3. The molecule has 1 aromatic heterocycles. The van der Waals surface area contributed by atoms with Crippen LogP contribution in [0.25, 0.3) is 5.70 Å². The molecule has 16 heavy (non-hydrogen) atoms. The van der Waals surface area contributed by atoms with Crippen molar-refractivity contribution in [2.75, 3.05) is 0 Å². The largest absolute Gasteiger partial charge is 0.325 e. The molecule has 0 amide bonds. The smallest absolute Gasteiger partial charge is 0.186 e. The molecule has 4 nitrogen and oxygen atoms in total. The van der Waals surface area contributed by atoms with E-state index >= 15 is 0 Å². The van der Waals surface area contributed by atoms with Crippen LogP contribution in [-0.4, -0.2) is 20.9 Å². The van der Waals surface area contributed by atoms with Gasteiger partial charge in [0.2, 0.25) is 0 Å². The molecule has 0 aromatic carbocycles. The minimum Gasteiger partial charge on any atom is -0.325 e. The van der Waals surface area contributed by atoms with E-state index < -0.39 is 11.0 Å². The molecule has 0 aliphatic heterocycles. The molecule has 88 valence electrons. The van der Waals surface area contributed by atoms with Crippen molar-refractivity contribution in [3.8, 4) is 0 Å². The van der Waals surface area contributed by atoms with Crippen molar-refractivity contribution in [1.82, 2.24) is 9.55 Å². The van der Waals surface area contributed by atoms with Gasteiger partial charge in [-0.15, -0.1) is 0 Å². The summed E-state index contributed by atoms with van der Waals surface area (Å²) in [6, 6.07) is 0. The van der Waals surface area contributed by atoms with Crippen LogP contribution in [0.3, 0.4) is 0 Å². The number of carbonyl (C=O) groups is 1. The first-order valence-corrected chi connectivity index (χ1v) is 5.19. The van der Waals surface area contributed by atoms with E-state index in [4.69, 9.17) is 5.73 Å². The van der Waals surface area contributed by atoms with E-state index in [1.54, 1.807) is 23.3 Å². The zero-order valence-electron chi connectivity index (χ0n) is 10.3. The van der Waals surface area contributed by atoms with Gasteiger partial charge in [0.1, 0.15) is 0 Å². The third-order valence-electron chi connectivity index (χ3n) is 3.26. The molecule has 0 aliphatic rings. The Hall–Kier alpha value is -1.42. The van der Waals surface area contributed by atoms with Crippen molar-refractivity contribution in [3.05, 3.63) is 25.3 Å². The number of aromatic nitrogens is 2. The maximum atomic E-state index is 12.3. The first-order chi connectivity index (χ1) is 7.18. The van der Waals surface area contributed by atoms with E-state index in [-0.39, 0.29) is 5.78 Å². The Morgan fingerprint density at radius 1 is 1.38 bits per heavy atom. The minimum absolute atomic E-state index is 0.0713. The van der Waals surface area contributed by atoms with E-state index in [9.17, 15) is 4.79 Å². The number of imidazole rings is 1. The summed E-state index contributed by atoms with van der Waals surface area (Å²) < 4.78 is 1.61. The second-order valence-corrected chi connectivity index (χ2v) is 5.09. The Labute approximate surface area is 96.2 Å². The molecular weight excluding hydrogens is 202 g/mol. The van der Waals surface area contributed by atoms with Gasteiger partial charge in [0.05, 0.1) is 12.0 Å². The number of allylic oxidation sites excluding steroid dienone is 1. The van der Waals surface area contributed by atoms with Crippen molar-refractivity contribution in [2.45, 2.75) is 33.2 Å². The van der Waals surface area contributed by atoms with E-state index in [1.165, 1.54) is 0 Å². The molecule has 1 aromatic rings. The van der Waals surface area contributed by atoms with E-state index in [0.717, 1.165) is 0 Å². The number of hydrogen-bond donors (Lipinski definition) is 1. The number of carbonyl (C=O) groups excluding carboxylic acids is 1. The zero-order chi connectivity index (χ0) is 12.6. The third-order valence-corrected chi connectivity index (χ3v) is 3.26. The van der Waals surface area contributed by atoms with Gasteiger partial charge in [-0.1, -0.05) is 20.4 Å². The van der Waals surface area contributed by atoms with Crippen LogP contribution in [0.1, 0.15) is 27.7 Å². The first kappa shape index (κ1) is 12.6. The fourth-order valence-electron chi connectivity index (χ4n) is 1.19. The maximum Gasteiger partial charge on any atom is 0.186 e. The van der Waals surface area contributed by atoms with Gasteiger partial charge in [-0.05, 0) is 13.8 Å². The average Bonchev–Trinajstić information content (AvgIpc) is 2.66. The molecule has 2 N–H and O–H groups in total. The van der Waals surface area contributed by atoms with Crippen molar-refractivity contribution in [3.63, 3.8) is 0 Å². The number of Topliss-reactive ketones (excluding diaryl/α,β-unsaturated/α-hetero) is 1. The van der Waals surface area contributed by atoms with Gasteiger partial charge in [0, 0.05) is 23.3 Å². The van der Waals surface area contributed by atoms with Gasteiger partial charge >= 0.3 is 0 Å². The Kier molecular flexibility index (Phi) is 3.06. The SMILES string of the molecule is C=C(C(=O)C(C)(C)C(C)(C)N)n1ccnc1. The summed E-state index contributed by atoms with van der Waals surface area (Å²) in [5, 5.41) is 0. The Bertz CT molecular complexity index is 396. The van der Waals surface area contributed by atoms with Crippen LogP contribution < -0.4 is 5.73 Å². The van der Waals surface area contributed by atoms with Crippen molar-refractivity contribution < 1.29 is 4.79 Å². The molecule has 1 rings (SSSR count). The lowest BCUT2D eigenvalue weighted by Gasteiger charge is -2.37. The van der Waals surface area contributed by atoms with Gasteiger partial charge in [-0.3, -0.25) is 4.79 Å². The zero-order valence-corrected chi connectivity index (χ0v) is 10.3. The normalized spacial score (nSPS) is 12.6. The maximum absolute atomic E-state index is 12.3. The van der Waals surface area contributed by atoms with Crippen LogP contribution in [0, 0.1) is 5.41 Å². The predicted molar refractivity (Wildman–Crippen MR) is 64.6 cm³/mol. The Morgan fingerprint density at radius 2 is 1.94 bits per heavy atom. The summed E-state index contributed by atoms with van der Waals surface area (Å²) in [7, 11) is 0. The molecule has 0 saturated carbocycles. The molecule has 0 fully saturated rings. The predicted octanol–water partition coefficient (Wildman–Crippen LogP) is 1.69. The second kappa shape index (κ2) is 3.87. The fourth-order valence-corrected chi connectivity index (χ4v) is 1.19. The molecule has 0 radical (unpaired) electrons. The Morgan fingerprint density at radius 3 is 2.31 bits per heavy atom. The topological polar surface area (TPSA) is 60.9 Å². The highest BCUT2D eigenvalue weighted by Crippen LogP contribution is 2.32. The van der Waals surface area contributed by atoms with Crippen LogP contribution in [0.5, 0.6) is 0 Å². The minimum atomic E-state index is -0.672. The number of rotatable bonds is 4. The number of ketones is 1. The lowest BCUT2D eigenvalue weighted by molar-refractivity contribution is -0.124. The van der Waals surface area contributed by atoms with Crippen LogP contribution in [0.4, 0.5) is 0 Å². The van der Waals surface area contributed by atoms with E-state index in [0.29, 0.717) is 5.70 Å². The van der Waals surface area contributed by atoms with Crippen LogP contribution in [-0.2, 0) is 4.79 Å². The summed E-state index contributed by atoms with van der Waals surface area (Å²) in [5.41, 5.74) is 5.13. The molecular formula is C12H19N3O. The van der Waals surface area contributed by atoms with Gasteiger partial charge in [-0.2, -0.15) is 0 Å². The molecule has 0 atom stereocenters. The molecule has 0 aliphatic carbocycles. The van der Waals surface area contributed by atoms with Crippen LogP contribution in [0.15, 0.2) is 25.3 Å². The second-order valence-electron chi connectivity index (χ2n) is 5.09. The quantitative estimate of drug-likeness (QED) is 0.787. The molecule has 0 bridgehead atoms. The number of nitrogens with zero attached hydrogens (tertiary/aromatic N) is 2. The highest BCUT2D eigenvalue weighted by molar-refractivity contribution is 6.17. The van der Waals surface area contributed by atoms with Crippen LogP contribution >= 0.6 is 0 Å². The van der Waals surface area contributed by atoms with Gasteiger partial charge in [0.25, 0.3) is 0 Å². The summed E-state index contributed by atoms with van der Waals surface area (Å²) in [6.07, 6.45) is 4.86. The average molecular weight is 221 g/mol. The Balaban J connectivity index is 3.00. The molecule has 0 saturated heterocycles. The van der Waals surface area contributed by atoms with Crippen LogP contribution in [0.2, 0.25) is 0 Å². The molecule has 0 spiro atoms. The summed E-state index contributed by atoms with van der Waals surface area (Å²) >= 11 is 0. The first-order valence-electron chi connectivity index (χ1n) is 5.19. The monoisotopic (exact) mass is 221 g/mol. The molecule has 0 unspecified atom stereocenters. The third kappa shape index (κ3) is 2.07. The highest BCUT2D eigenvalue weighted by Gasteiger charge is 2.41. The van der Waals surface area contributed by atoms with Crippen molar-refractivity contribution in [2.24, 2.45) is 11.1 Å². The molecule has 4 heteroatoms. The van der Waals surface area contributed by atoms with Gasteiger partial charge < -0.3 is 10.3 Å². The molecule has 1 heterocycles. The highest BCUT2D eigenvalue weighted by atomic mass is 16.1. The standard InChI is InChI=1S/C12H19N3O/c1-9(15-7-6-14-8-15)10(16)11(2,3)12(4,5)13/h6-8H,1,13H2,2-5H3. The van der Waals surface area contributed by atoms with E-state index in [2.05, 4.69) is 11.6 Å². The number of nitrogens with two attached hydrogens (primary N) is 1. The fraction of sp³-hybridized carbons (Fsp3) is 0.500. The summed E-state index contributed by atoms with van der Waals surface area (Å²) in [5.74, 6) is -0.0713. The van der Waals surface area contributed by atoms with Gasteiger partial charge in [0.15, 0.2) is 5.78 Å². The van der Waals surface area contributed by atoms with Gasteiger partial charge in [-0.25, -0.2) is 4.98 Å². The summed E-state index contributed by atoms with van der Waals surface area (Å²) in [6.45, 7) is 11.1. The van der Waals surface area contributed by atoms with E-state index in [1.807, 2.05) is 27.7 Å². The lowest BCUT2D eigenvalue weighted by Crippen LogP contribution is -2.52. The van der Waals surface area contributed by atoms with Crippen molar-refractivity contribution >= 4 is 11.5 Å². The summed E-state index contributed by atoms with van der Waals surface area (Å²) in [4.78, 5) is 16.2. The lowest BCUT2D eigenvalue weighted by atomic mass is 9.71.